The zero-order valence-electron chi connectivity index (χ0n) is 5.56. The average Bonchev–Trinajstić information content (AvgIpc) is 1.12. The van der Waals surface area contributed by atoms with Crippen molar-refractivity contribution in [2.45, 2.75) is 0 Å². The number of rotatable bonds is 0. The van der Waals surface area contributed by atoms with E-state index in [0.29, 0.717) is 0 Å². The SMILES string of the molecule is O=P(O)(O)O.O=P([O-])([O-])[O-].P.[Y+3]. The van der Waals surface area contributed by atoms with Crippen LogP contribution < -0.4 is 14.7 Å². The standard InChI is InChI=1S/2H3O4P.H3P.Y/c2*1-5(2,3)4;;/h2*(H3,1,2,3,4);1H3;/q;;;+3/p-3. The summed E-state index contributed by atoms with van der Waals surface area (Å²) in [6.45, 7) is 0. The maximum atomic E-state index is 8.88. The van der Waals surface area contributed by atoms with Gasteiger partial charge < -0.3 is 33.9 Å². The fourth-order valence-corrected chi connectivity index (χ4v) is 0. The first-order valence-electron chi connectivity index (χ1n) is 1.51. The molecule has 0 amide bonds. The zero-order valence-corrected chi connectivity index (χ0v) is 11.6. The molecule has 0 aliphatic heterocycles. The van der Waals surface area contributed by atoms with Crippen LogP contribution in [-0.4, -0.2) is 14.7 Å². The van der Waals surface area contributed by atoms with Crippen LogP contribution in [0.2, 0.25) is 0 Å². The molecule has 0 spiro atoms. The van der Waals surface area contributed by atoms with Crippen LogP contribution in [0.15, 0.2) is 0 Å². The second-order valence-electron chi connectivity index (χ2n) is 0.960. The molecule has 0 bridgehead atoms. The topological polar surface area (TPSA) is 164 Å². The summed E-state index contributed by atoms with van der Waals surface area (Å²) in [5.41, 5.74) is 0. The number of hydrogen-bond acceptors (Lipinski definition) is 5. The van der Waals surface area contributed by atoms with E-state index in [1.807, 2.05) is 0 Å². The van der Waals surface area contributed by atoms with Gasteiger partial charge in [-0.1, -0.05) is 0 Å². The van der Waals surface area contributed by atoms with Crippen molar-refractivity contribution in [2.75, 3.05) is 0 Å². The predicted octanol–water partition coefficient (Wildman–Crippen LogP) is -3.70. The second kappa shape index (κ2) is 9.31. The molecule has 1 atom stereocenters. The maximum absolute atomic E-state index is 8.88. The van der Waals surface area contributed by atoms with Crippen LogP contribution in [0.3, 0.4) is 0 Å². The molecule has 12 heavy (non-hydrogen) atoms. The van der Waals surface area contributed by atoms with Gasteiger partial charge in [0.15, 0.2) is 0 Å². The van der Waals surface area contributed by atoms with Crippen LogP contribution in [0.4, 0.5) is 0 Å². The van der Waals surface area contributed by atoms with E-state index in [0.717, 1.165) is 0 Å². The van der Waals surface area contributed by atoms with Crippen molar-refractivity contribution in [3.05, 3.63) is 0 Å². The quantitative estimate of drug-likeness (QED) is 0.384. The van der Waals surface area contributed by atoms with Gasteiger partial charge in [0, 0.05) is 0 Å². The molecule has 0 rings (SSSR count). The van der Waals surface area contributed by atoms with E-state index in [4.69, 9.17) is 38.5 Å². The Hall–Kier alpha value is 1.75. The van der Waals surface area contributed by atoms with Crippen molar-refractivity contribution in [3.8, 4) is 0 Å². The summed E-state index contributed by atoms with van der Waals surface area (Å²) in [6, 6.07) is 0. The monoisotopic (exact) mass is 316 g/mol. The maximum Gasteiger partial charge on any atom is 3.00 e. The molecule has 0 aromatic heterocycles. The molecule has 0 aromatic carbocycles. The molecule has 0 saturated carbocycles. The molecule has 0 aromatic rings. The largest absolute Gasteiger partial charge is 3.00 e. The van der Waals surface area contributed by atoms with E-state index in [2.05, 4.69) is 0 Å². The van der Waals surface area contributed by atoms with Crippen molar-refractivity contribution >= 4 is 25.5 Å². The Bertz CT molecular complexity index is 127. The van der Waals surface area contributed by atoms with Gasteiger partial charge in [-0.3, -0.25) is 0 Å². The van der Waals surface area contributed by atoms with E-state index >= 15 is 0 Å². The van der Waals surface area contributed by atoms with Crippen molar-refractivity contribution in [2.24, 2.45) is 0 Å². The van der Waals surface area contributed by atoms with Crippen molar-refractivity contribution in [1.29, 1.82) is 0 Å². The van der Waals surface area contributed by atoms with Gasteiger partial charge in [0.25, 0.3) is 0 Å². The van der Waals surface area contributed by atoms with E-state index < -0.39 is 15.6 Å². The second-order valence-corrected chi connectivity index (χ2v) is 2.88. The summed E-state index contributed by atoms with van der Waals surface area (Å²) in [5, 5.41) is 0. The minimum absolute atomic E-state index is 0. The molecule has 0 heterocycles. The van der Waals surface area contributed by atoms with Crippen molar-refractivity contribution in [1.82, 2.24) is 0 Å². The van der Waals surface area contributed by atoms with Crippen LogP contribution >= 0.6 is 25.5 Å². The fourth-order valence-electron chi connectivity index (χ4n) is 0. The predicted molar refractivity (Wildman–Crippen MR) is 33.0 cm³/mol. The molecular formula is H6O8P3Y. The Kier molecular flexibility index (Phi) is 18.3. The molecule has 0 saturated heterocycles. The Labute approximate surface area is 96.4 Å². The molecule has 12 heteroatoms. The fraction of sp³-hybridized carbons (Fsp3) is 0. The van der Waals surface area contributed by atoms with Gasteiger partial charge in [0.1, 0.15) is 0 Å². The molecule has 0 radical (unpaired) electrons. The minimum Gasteiger partial charge on any atom is -0.822 e. The normalized spacial score (nSPS) is 9.83. The van der Waals surface area contributed by atoms with Gasteiger partial charge in [-0.2, -0.15) is 17.7 Å². The third-order valence-corrected chi connectivity index (χ3v) is 0. The summed E-state index contributed by atoms with van der Waals surface area (Å²) in [5.74, 6) is 0. The van der Waals surface area contributed by atoms with Gasteiger partial charge in [0.05, 0.1) is 0 Å². The Morgan fingerprint density at radius 3 is 0.917 bits per heavy atom. The van der Waals surface area contributed by atoms with Gasteiger partial charge in [-0.25, -0.2) is 4.57 Å². The van der Waals surface area contributed by atoms with Crippen LogP contribution in [0.5, 0.6) is 0 Å². The third-order valence-electron chi connectivity index (χ3n) is 0. The Morgan fingerprint density at radius 1 is 0.917 bits per heavy atom. The number of hydrogen-bond donors (Lipinski definition) is 3. The summed E-state index contributed by atoms with van der Waals surface area (Å²) in [6.07, 6.45) is 0. The molecule has 72 valence electrons. The molecular weight excluding hydrogens is 310 g/mol. The first kappa shape index (κ1) is 23.5. The molecule has 0 aliphatic carbocycles. The Balaban J connectivity index is -0.0000000457. The number of phosphoric acid groups is 2. The van der Waals surface area contributed by atoms with Crippen LogP contribution in [0, 0.1) is 0 Å². The first-order valence-corrected chi connectivity index (χ1v) is 4.54. The summed E-state index contributed by atoms with van der Waals surface area (Å²) in [7, 11) is -10.0. The molecule has 0 aliphatic rings. The van der Waals surface area contributed by atoms with E-state index in [-0.39, 0.29) is 42.6 Å². The van der Waals surface area contributed by atoms with Gasteiger partial charge in [-0.05, 0) is 0 Å². The van der Waals surface area contributed by atoms with Crippen molar-refractivity contribution < 1.29 is 71.2 Å². The minimum atomic E-state index is -5.39. The van der Waals surface area contributed by atoms with Crippen LogP contribution in [-0.2, 0) is 41.8 Å². The van der Waals surface area contributed by atoms with E-state index in [1.54, 1.807) is 0 Å². The van der Waals surface area contributed by atoms with Gasteiger partial charge >= 0.3 is 40.5 Å². The summed E-state index contributed by atoms with van der Waals surface area (Å²) < 4.78 is 17.4. The average molecular weight is 316 g/mol. The molecule has 8 nitrogen and oxygen atoms in total. The van der Waals surface area contributed by atoms with Crippen LogP contribution in [0.1, 0.15) is 0 Å². The van der Waals surface area contributed by atoms with E-state index in [9.17, 15) is 0 Å². The van der Waals surface area contributed by atoms with Crippen LogP contribution in [0.25, 0.3) is 0 Å². The molecule has 3 N–H and O–H groups in total. The summed E-state index contributed by atoms with van der Waals surface area (Å²) in [4.78, 5) is 47.2. The third kappa shape index (κ3) is 442. The van der Waals surface area contributed by atoms with Crippen molar-refractivity contribution in [3.63, 3.8) is 0 Å². The zero-order chi connectivity index (χ0) is 9.00. The Morgan fingerprint density at radius 2 is 0.917 bits per heavy atom. The van der Waals surface area contributed by atoms with E-state index in [1.165, 1.54) is 0 Å². The van der Waals surface area contributed by atoms with Gasteiger partial charge in [-0.15, -0.1) is 0 Å². The molecule has 1 unspecified atom stereocenters. The smallest absolute Gasteiger partial charge is 0.822 e. The molecule has 0 fully saturated rings. The first-order chi connectivity index (χ1) is 4.00. The van der Waals surface area contributed by atoms with Gasteiger partial charge in [0.2, 0.25) is 0 Å². The summed E-state index contributed by atoms with van der Waals surface area (Å²) >= 11 is 0.